The molecule has 0 spiro atoms. The number of carbonyl (C=O) groups is 3. The predicted molar refractivity (Wildman–Crippen MR) is 80.0 cm³/mol. The quantitative estimate of drug-likeness (QED) is 0.379. The summed E-state index contributed by atoms with van der Waals surface area (Å²) in [6, 6.07) is 8.46. The molecule has 0 aliphatic carbocycles. The standard InChI is InChI=1S/C8H8O.C7H14N2O3/c1-7(9)8-5-3-2-4-6-8;8-4-2-1-3-6(7(11)12)9-5-10/h2-6H,1H3;5-6H,1-4,8H2,(H,9,10)(H,11,12). The summed E-state index contributed by atoms with van der Waals surface area (Å²) in [4.78, 5) is 31.0. The zero-order valence-electron chi connectivity index (χ0n) is 12.1. The molecule has 6 heteroatoms. The van der Waals surface area contributed by atoms with Gasteiger partial charge in [-0.05, 0) is 32.7 Å². The maximum atomic E-state index is 10.6. The van der Waals surface area contributed by atoms with Crippen molar-refractivity contribution in [2.75, 3.05) is 6.54 Å². The Bertz CT molecular complexity index is 435. The highest BCUT2D eigenvalue weighted by atomic mass is 16.4. The molecule has 0 aliphatic heterocycles. The van der Waals surface area contributed by atoms with Crippen LogP contribution in [0.3, 0.4) is 0 Å². The molecule has 21 heavy (non-hydrogen) atoms. The normalized spacial score (nSPS) is 10.8. The number of amides is 1. The number of carboxylic acids is 1. The van der Waals surface area contributed by atoms with Gasteiger partial charge in [-0.15, -0.1) is 0 Å². The molecule has 1 unspecified atom stereocenters. The summed E-state index contributed by atoms with van der Waals surface area (Å²) >= 11 is 0. The lowest BCUT2D eigenvalue weighted by atomic mass is 10.1. The first kappa shape index (κ1) is 18.8. The molecule has 0 saturated heterocycles. The average Bonchev–Trinajstić information content (AvgIpc) is 2.48. The molecule has 1 aromatic carbocycles. The fourth-order valence-corrected chi connectivity index (χ4v) is 1.53. The van der Waals surface area contributed by atoms with Crippen molar-refractivity contribution in [1.82, 2.24) is 5.32 Å². The summed E-state index contributed by atoms with van der Waals surface area (Å²) in [5.41, 5.74) is 6.00. The summed E-state index contributed by atoms with van der Waals surface area (Å²) in [6.45, 7) is 2.11. The largest absolute Gasteiger partial charge is 0.480 e. The molecule has 0 aromatic heterocycles. The lowest BCUT2D eigenvalue weighted by Crippen LogP contribution is -2.35. The van der Waals surface area contributed by atoms with Crippen molar-refractivity contribution >= 4 is 18.2 Å². The first-order chi connectivity index (χ1) is 10.0. The van der Waals surface area contributed by atoms with Gasteiger partial charge < -0.3 is 16.2 Å². The van der Waals surface area contributed by atoms with E-state index in [9.17, 15) is 14.4 Å². The topological polar surface area (TPSA) is 109 Å². The SMILES string of the molecule is CC(=O)c1ccccc1.NCCCCC(NC=O)C(=O)O. The fourth-order valence-electron chi connectivity index (χ4n) is 1.53. The Labute approximate surface area is 124 Å². The van der Waals surface area contributed by atoms with E-state index in [0.717, 1.165) is 12.0 Å². The van der Waals surface area contributed by atoms with Crippen LogP contribution >= 0.6 is 0 Å². The van der Waals surface area contributed by atoms with Gasteiger partial charge in [-0.1, -0.05) is 30.3 Å². The monoisotopic (exact) mass is 294 g/mol. The Morgan fingerprint density at radius 3 is 2.29 bits per heavy atom. The molecular weight excluding hydrogens is 272 g/mol. The van der Waals surface area contributed by atoms with Gasteiger partial charge in [0.05, 0.1) is 0 Å². The number of Topliss-reactive ketones (excluding diaryl/α,β-unsaturated/α-hetero) is 1. The number of benzene rings is 1. The number of carbonyl (C=O) groups excluding carboxylic acids is 2. The molecule has 6 nitrogen and oxygen atoms in total. The van der Waals surface area contributed by atoms with Crippen molar-refractivity contribution in [2.45, 2.75) is 32.2 Å². The third-order valence-corrected chi connectivity index (χ3v) is 2.69. The number of hydrogen-bond acceptors (Lipinski definition) is 4. The minimum absolute atomic E-state index is 0.121. The van der Waals surface area contributed by atoms with E-state index in [4.69, 9.17) is 10.8 Å². The van der Waals surface area contributed by atoms with Gasteiger partial charge in [0, 0.05) is 5.56 Å². The van der Waals surface area contributed by atoms with Gasteiger partial charge in [0.25, 0.3) is 0 Å². The van der Waals surface area contributed by atoms with E-state index < -0.39 is 12.0 Å². The van der Waals surface area contributed by atoms with Gasteiger partial charge >= 0.3 is 5.97 Å². The molecule has 4 N–H and O–H groups in total. The first-order valence-corrected chi connectivity index (χ1v) is 6.71. The number of ketones is 1. The Morgan fingerprint density at radius 2 is 1.90 bits per heavy atom. The number of unbranched alkanes of at least 4 members (excludes halogenated alkanes) is 1. The van der Waals surface area contributed by atoms with E-state index in [2.05, 4.69) is 5.32 Å². The van der Waals surface area contributed by atoms with Crippen molar-refractivity contribution in [3.05, 3.63) is 35.9 Å². The number of hydrogen-bond donors (Lipinski definition) is 3. The summed E-state index contributed by atoms with van der Waals surface area (Å²) in [5.74, 6) is -0.880. The van der Waals surface area contributed by atoms with Crippen LogP contribution in [0.5, 0.6) is 0 Å². The van der Waals surface area contributed by atoms with Gasteiger partial charge in [0.15, 0.2) is 5.78 Å². The van der Waals surface area contributed by atoms with Gasteiger partial charge in [-0.25, -0.2) is 4.79 Å². The Morgan fingerprint density at radius 1 is 1.29 bits per heavy atom. The molecule has 0 heterocycles. The maximum Gasteiger partial charge on any atom is 0.326 e. The second kappa shape index (κ2) is 11.6. The molecule has 1 rings (SSSR count). The van der Waals surface area contributed by atoms with Crippen LogP contribution in [0.1, 0.15) is 36.5 Å². The molecule has 116 valence electrons. The van der Waals surface area contributed by atoms with Crippen LogP contribution in [-0.2, 0) is 9.59 Å². The van der Waals surface area contributed by atoms with Crippen molar-refractivity contribution in [3.63, 3.8) is 0 Å². The lowest BCUT2D eigenvalue weighted by molar-refractivity contribution is -0.140. The van der Waals surface area contributed by atoms with Crippen LogP contribution in [0.15, 0.2) is 30.3 Å². The maximum absolute atomic E-state index is 10.6. The summed E-state index contributed by atoms with van der Waals surface area (Å²) in [7, 11) is 0. The fraction of sp³-hybridized carbons (Fsp3) is 0.400. The lowest BCUT2D eigenvalue weighted by Gasteiger charge is -2.09. The number of aliphatic carboxylic acids is 1. The third kappa shape index (κ3) is 9.34. The van der Waals surface area contributed by atoms with Crippen molar-refractivity contribution in [2.24, 2.45) is 5.73 Å². The number of nitrogens with one attached hydrogen (secondary N) is 1. The van der Waals surface area contributed by atoms with E-state index in [-0.39, 0.29) is 5.78 Å². The molecule has 1 amide bonds. The average molecular weight is 294 g/mol. The zero-order valence-corrected chi connectivity index (χ0v) is 12.1. The highest BCUT2D eigenvalue weighted by Gasteiger charge is 2.14. The van der Waals surface area contributed by atoms with E-state index in [0.29, 0.717) is 25.8 Å². The van der Waals surface area contributed by atoms with Crippen molar-refractivity contribution in [3.8, 4) is 0 Å². The van der Waals surface area contributed by atoms with Crippen LogP contribution in [0, 0.1) is 0 Å². The van der Waals surface area contributed by atoms with Crippen LogP contribution in [0.4, 0.5) is 0 Å². The summed E-state index contributed by atoms with van der Waals surface area (Å²) in [6.07, 6.45) is 2.34. The molecular formula is C15H22N2O4. The molecule has 1 aromatic rings. The summed E-state index contributed by atoms with van der Waals surface area (Å²) < 4.78 is 0. The Kier molecular flexibility index (Phi) is 10.4. The van der Waals surface area contributed by atoms with E-state index in [1.165, 1.54) is 0 Å². The first-order valence-electron chi connectivity index (χ1n) is 6.71. The number of nitrogens with two attached hydrogens (primary N) is 1. The second-order valence-corrected chi connectivity index (χ2v) is 4.38. The van der Waals surface area contributed by atoms with Crippen LogP contribution in [0.25, 0.3) is 0 Å². The minimum atomic E-state index is -1.00. The highest BCUT2D eigenvalue weighted by Crippen LogP contribution is 1.99. The van der Waals surface area contributed by atoms with E-state index >= 15 is 0 Å². The third-order valence-electron chi connectivity index (χ3n) is 2.69. The molecule has 0 aliphatic rings. The van der Waals surface area contributed by atoms with Gasteiger partial charge in [-0.3, -0.25) is 9.59 Å². The molecule has 0 radical (unpaired) electrons. The minimum Gasteiger partial charge on any atom is -0.480 e. The van der Waals surface area contributed by atoms with Crippen LogP contribution in [0.2, 0.25) is 0 Å². The van der Waals surface area contributed by atoms with Crippen molar-refractivity contribution < 1.29 is 19.5 Å². The predicted octanol–water partition coefficient (Wildman–Crippen LogP) is 1.20. The Hall–Kier alpha value is -2.21. The van der Waals surface area contributed by atoms with E-state index in [1.54, 1.807) is 6.92 Å². The number of carboxylic acid groups (broad SMARTS) is 1. The van der Waals surface area contributed by atoms with Crippen molar-refractivity contribution in [1.29, 1.82) is 0 Å². The van der Waals surface area contributed by atoms with Crippen LogP contribution in [-0.4, -0.2) is 35.9 Å². The highest BCUT2D eigenvalue weighted by molar-refractivity contribution is 5.93. The van der Waals surface area contributed by atoms with E-state index in [1.807, 2.05) is 30.3 Å². The molecule has 0 fully saturated rings. The molecule has 1 atom stereocenters. The summed E-state index contributed by atoms with van der Waals surface area (Å²) in [5, 5.41) is 10.8. The van der Waals surface area contributed by atoms with Gasteiger partial charge in [-0.2, -0.15) is 0 Å². The van der Waals surface area contributed by atoms with Crippen LogP contribution < -0.4 is 11.1 Å². The van der Waals surface area contributed by atoms with Gasteiger partial charge in [0.1, 0.15) is 6.04 Å². The zero-order chi connectivity index (χ0) is 16.1. The second-order valence-electron chi connectivity index (χ2n) is 4.38. The molecule has 0 saturated carbocycles. The number of rotatable bonds is 8. The Balaban J connectivity index is 0.000000394. The van der Waals surface area contributed by atoms with Gasteiger partial charge in [0.2, 0.25) is 6.41 Å². The molecule has 0 bridgehead atoms. The smallest absolute Gasteiger partial charge is 0.326 e.